The zero-order chi connectivity index (χ0) is 25.7. The van der Waals surface area contributed by atoms with E-state index in [4.69, 9.17) is 5.26 Å². The van der Waals surface area contributed by atoms with Gasteiger partial charge >= 0.3 is 0 Å². The van der Waals surface area contributed by atoms with Crippen LogP contribution in [0.2, 0.25) is 0 Å². The van der Waals surface area contributed by atoms with Crippen molar-refractivity contribution in [1.29, 1.82) is 10.5 Å². The van der Waals surface area contributed by atoms with Gasteiger partial charge in [-0.05, 0) is 50.6 Å². The Hall–Kier alpha value is -3.86. The van der Waals surface area contributed by atoms with Crippen molar-refractivity contribution in [1.82, 2.24) is 19.4 Å². The lowest BCUT2D eigenvalue weighted by atomic mass is 10.0. The Morgan fingerprint density at radius 2 is 1.97 bits per heavy atom. The van der Waals surface area contributed by atoms with Crippen LogP contribution in [0.1, 0.15) is 32.7 Å². The van der Waals surface area contributed by atoms with E-state index in [-0.39, 0.29) is 22.3 Å². The topological polar surface area (TPSA) is 119 Å². The third kappa shape index (κ3) is 5.06. The van der Waals surface area contributed by atoms with Crippen LogP contribution in [0.15, 0.2) is 35.3 Å². The summed E-state index contributed by atoms with van der Waals surface area (Å²) in [7, 11) is 0. The summed E-state index contributed by atoms with van der Waals surface area (Å²) < 4.78 is 4.43. The third-order valence-corrected chi connectivity index (χ3v) is 7.72. The molecule has 0 spiro atoms. The van der Waals surface area contributed by atoms with Crippen molar-refractivity contribution in [2.24, 2.45) is 0 Å². The number of piperidine rings is 1. The first-order valence-corrected chi connectivity index (χ1v) is 12.9. The number of fused-ring (bicyclic) bond motifs is 1. The Balaban J connectivity index is 1.61. The molecular formula is C26H29N7O2S. The smallest absolute Gasteiger partial charge is 0.270 e. The highest BCUT2D eigenvalue weighted by Gasteiger charge is 2.20. The highest BCUT2D eigenvalue weighted by Crippen LogP contribution is 2.29. The van der Waals surface area contributed by atoms with Crippen LogP contribution in [-0.4, -0.2) is 46.1 Å². The molecule has 0 aliphatic carbocycles. The Kier molecular flexibility index (Phi) is 7.89. The molecule has 1 amide bonds. The first-order valence-electron chi connectivity index (χ1n) is 12.1. The van der Waals surface area contributed by atoms with Crippen LogP contribution in [0.5, 0.6) is 0 Å². The van der Waals surface area contributed by atoms with Crippen LogP contribution in [-0.2, 0) is 11.3 Å². The lowest BCUT2D eigenvalue weighted by molar-refractivity contribution is -0.115. The van der Waals surface area contributed by atoms with Gasteiger partial charge < -0.3 is 20.1 Å². The fraction of sp³-hybridized carbons (Fsp3) is 0.385. The number of nitrogens with zero attached hydrogens (tertiary/aromatic N) is 5. The van der Waals surface area contributed by atoms with E-state index in [1.807, 2.05) is 18.2 Å². The number of thiazole rings is 1. The molecule has 0 bridgehead atoms. The summed E-state index contributed by atoms with van der Waals surface area (Å²) in [5, 5.41) is 24.9. The fourth-order valence-corrected chi connectivity index (χ4v) is 5.72. The van der Waals surface area contributed by atoms with Gasteiger partial charge in [-0.3, -0.25) is 14.2 Å². The quantitative estimate of drug-likeness (QED) is 0.474. The number of benzene rings is 1. The molecule has 1 aliphatic heterocycles. The maximum atomic E-state index is 12.9. The first kappa shape index (κ1) is 25.2. The number of aromatic nitrogens is 2. The number of carbonyl (C=O) groups is 1. The summed E-state index contributed by atoms with van der Waals surface area (Å²) in [5.41, 5.74) is 1.58. The molecule has 3 heterocycles. The Bertz CT molecular complexity index is 1530. The van der Waals surface area contributed by atoms with E-state index in [1.54, 1.807) is 13.1 Å². The Morgan fingerprint density at radius 1 is 1.19 bits per heavy atom. The summed E-state index contributed by atoms with van der Waals surface area (Å²) in [5.74, 6) is -0.669. The maximum absolute atomic E-state index is 12.9. The largest absolute Gasteiger partial charge is 0.360 e. The van der Waals surface area contributed by atoms with Crippen molar-refractivity contribution in [2.75, 3.05) is 31.5 Å². The van der Waals surface area contributed by atoms with E-state index in [0.717, 1.165) is 54.9 Å². The first-order chi connectivity index (χ1) is 17.5. The summed E-state index contributed by atoms with van der Waals surface area (Å²) in [6, 6.07) is 12.5. The van der Waals surface area contributed by atoms with E-state index < -0.39 is 5.91 Å². The number of likely N-dealkylation sites (tertiary alicyclic amines) is 1. The van der Waals surface area contributed by atoms with Crippen LogP contribution in [0, 0.1) is 22.7 Å². The number of hydrogen-bond donors (Lipinski definition) is 2. The number of hydrogen-bond acceptors (Lipinski definition) is 7. The van der Waals surface area contributed by atoms with E-state index >= 15 is 0 Å². The Labute approximate surface area is 213 Å². The summed E-state index contributed by atoms with van der Waals surface area (Å²) in [6.45, 7) is 7.43. The molecule has 3 aromatic rings. The monoisotopic (exact) mass is 503 g/mol. The number of carbonyl (C=O) groups excluding carboxylic acids is 1. The van der Waals surface area contributed by atoms with Crippen molar-refractivity contribution in [3.8, 4) is 12.1 Å². The molecule has 2 aromatic heterocycles. The zero-order valence-corrected chi connectivity index (χ0v) is 21.3. The molecule has 0 radical (unpaired) electrons. The Morgan fingerprint density at radius 3 is 2.64 bits per heavy atom. The molecule has 4 rings (SSSR count). The second-order valence-electron chi connectivity index (χ2n) is 8.60. The molecule has 1 aromatic carbocycles. The predicted molar refractivity (Wildman–Crippen MR) is 142 cm³/mol. The minimum absolute atomic E-state index is 0.179. The lowest BCUT2D eigenvalue weighted by Crippen LogP contribution is -2.34. The van der Waals surface area contributed by atoms with Crippen molar-refractivity contribution in [2.45, 2.75) is 39.3 Å². The molecule has 0 atom stereocenters. The maximum Gasteiger partial charge on any atom is 0.270 e. The molecule has 10 heteroatoms. The van der Waals surface area contributed by atoms with Gasteiger partial charge in [0.05, 0.1) is 6.07 Å². The fourth-order valence-electron chi connectivity index (χ4n) is 4.63. The molecule has 0 unspecified atom stereocenters. The van der Waals surface area contributed by atoms with Gasteiger partial charge in [-0.1, -0.05) is 6.92 Å². The van der Waals surface area contributed by atoms with Crippen molar-refractivity contribution in [3.63, 3.8) is 0 Å². The van der Waals surface area contributed by atoms with E-state index in [1.165, 1.54) is 10.1 Å². The molecule has 186 valence electrons. The van der Waals surface area contributed by atoms with Crippen LogP contribution < -0.4 is 25.4 Å². The molecule has 9 nitrogen and oxygen atoms in total. The van der Waals surface area contributed by atoms with Crippen molar-refractivity contribution >= 4 is 45.6 Å². The van der Waals surface area contributed by atoms with Gasteiger partial charge in [0.15, 0.2) is 5.57 Å². The number of nitriles is 2. The van der Waals surface area contributed by atoms with Crippen LogP contribution in [0.25, 0.3) is 22.7 Å². The van der Waals surface area contributed by atoms with Crippen molar-refractivity contribution < 1.29 is 4.79 Å². The second-order valence-corrected chi connectivity index (χ2v) is 9.63. The zero-order valence-electron chi connectivity index (χ0n) is 20.5. The number of amides is 1. The van der Waals surface area contributed by atoms with E-state index in [0.29, 0.717) is 17.1 Å². The van der Waals surface area contributed by atoms with Gasteiger partial charge in [-0.25, -0.2) is 0 Å². The van der Waals surface area contributed by atoms with E-state index in [2.05, 4.69) is 51.4 Å². The molecule has 0 saturated carbocycles. The van der Waals surface area contributed by atoms with Gasteiger partial charge in [-0.2, -0.15) is 10.5 Å². The standard InChI is InChI=1S/C26H29N7O2S/c1-3-31-12-8-20(9-13-31)33-14-7-18-15-19(5-6-22(18)33)30-17-23-25(35)32(4-2)26(36-23)21(16-28)24(34)29-11-10-27/h5-7,14-15,17,20,30H,3-4,8-9,11-13H2,1-2H3,(H,29,34)/b23-17-,26-21+. The minimum Gasteiger partial charge on any atom is -0.360 e. The normalized spacial score (nSPS) is 15.9. The summed E-state index contributed by atoms with van der Waals surface area (Å²) in [4.78, 5) is 27.7. The predicted octanol–water partition coefficient (Wildman–Crippen LogP) is 1.71. The molecule has 2 N–H and O–H groups in total. The molecule has 1 aliphatic rings. The third-order valence-electron chi connectivity index (χ3n) is 6.59. The molecule has 1 fully saturated rings. The van der Waals surface area contributed by atoms with Crippen LogP contribution in [0.4, 0.5) is 5.69 Å². The van der Waals surface area contributed by atoms with Gasteiger partial charge in [-0.15, -0.1) is 11.3 Å². The van der Waals surface area contributed by atoms with Crippen LogP contribution in [0.3, 0.4) is 0 Å². The average Bonchev–Trinajstić information content (AvgIpc) is 3.46. The van der Waals surface area contributed by atoms with Gasteiger partial charge in [0, 0.05) is 54.7 Å². The van der Waals surface area contributed by atoms with Crippen molar-refractivity contribution in [3.05, 3.63) is 50.0 Å². The average molecular weight is 504 g/mol. The summed E-state index contributed by atoms with van der Waals surface area (Å²) in [6.07, 6.45) is 6.06. The highest BCUT2D eigenvalue weighted by atomic mass is 32.1. The van der Waals surface area contributed by atoms with Crippen LogP contribution >= 0.6 is 11.3 Å². The minimum atomic E-state index is -0.669. The second kappa shape index (κ2) is 11.3. The van der Waals surface area contributed by atoms with Gasteiger partial charge in [0.2, 0.25) is 0 Å². The van der Waals surface area contributed by atoms with Gasteiger partial charge in [0.25, 0.3) is 11.5 Å². The SMILES string of the molecule is CCN1CCC(n2ccc3cc(N/C=c4\s/c(=C(\C#N)C(=O)NCC#N)n(CC)c4=O)ccc32)CC1. The highest BCUT2D eigenvalue weighted by molar-refractivity contribution is 7.07. The summed E-state index contributed by atoms with van der Waals surface area (Å²) >= 11 is 1.07. The number of rotatable bonds is 7. The number of anilines is 1. The molecular weight excluding hydrogens is 474 g/mol. The molecule has 1 saturated heterocycles. The lowest BCUT2D eigenvalue weighted by Gasteiger charge is -2.32. The van der Waals surface area contributed by atoms with Gasteiger partial charge in [0.1, 0.15) is 21.8 Å². The molecule has 36 heavy (non-hydrogen) atoms. The van der Waals surface area contributed by atoms with E-state index in [9.17, 15) is 14.9 Å². The number of nitrogens with one attached hydrogen (secondary N) is 2.